The van der Waals surface area contributed by atoms with Gasteiger partial charge in [0.1, 0.15) is 5.82 Å². The van der Waals surface area contributed by atoms with E-state index in [2.05, 4.69) is 12.2 Å². The van der Waals surface area contributed by atoms with Gasteiger partial charge in [-0.05, 0) is 36.1 Å². The third-order valence-corrected chi connectivity index (χ3v) is 4.09. The Kier molecular flexibility index (Phi) is 5.13. The minimum absolute atomic E-state index is 0.0266. The van der Waals surface area contributed by atoms with Crippen molar-refractivity contribution in [3.8, 4) is 0 Å². The van der Waals surface area contributed by atoms with Crippen molar-refractivity contribution < 1.29 is 14.0 Å². The molecule has 1 heterocycles. The molecule has 1 aromatic carbocycles. The summed E-state index contributed by atoms with van der Waals surface area (Å²) in [5.74, 6) is -0.774. The number of carbonyl (C=O) groups excluding carboxylic acids is 2. The minimum atomic E-state index is -0.375. The molecular weight excluding hydrogens is 285 g/mol. The van der Waals surface area contributed by atoms with Crippen LogP contribution in [0.15, 0.2) is 24.3 Å². The van der Waals surface area contributed by atoms with Gasteiger partial charge in [-0.15, -0.1) is 0 Å². The van der Waals surface area contributed by atoms with E-state index < -0.39 is 0 Å². The van der Waals surface area contributed by atoms with Crippen molar-refractivity contribution in [3.05, 3.63) is 35.6 Å². The number of amides is 2. The van der Waals surface area contributed by atoms with Gasteiger partial charge < -0.3 is 16.0 Å². The zero-order valence-electron chi connectivity index (χ0n) is 12.8. The highest BCUT2D eigenvalue weighted by Crippen LogP contribution is 2.28. The molecule has 1 fully saturated rings. The van der Waals surface area contributed by atoms with Crippen LogP contribution in [0.4, 0.5) is 4.39 Å². The molecule has 1 aliphatic rings. The van der Waals surface area contributed by atoms with E-state index in [-0.39, 0.29) is 36.0 Å². The van der Waals surface area contributed by atoms with Crippen LogP contribution in [-0.4, -0.2) is 42.9 Å². The lowest BCUT2D eigenvalue weighted by Gasteiger charge is -2.22. The Morgan fingerprint density at radius 1 is 1.45 bits per heavy atom. The Balaban J connectivity index is 1.78. The number of nitrogens with zero attached hydrogens (tertiary/aromatic N) is 1. The number of rotatable bonds is 5. The zero-order valence-corrected chi connectivity index (χ0v) is 12.8. The van der Waals surface area contributed by atoms with Crippen LogP contribution in [0.25, 0.3) is 0 Å². The molecule has 0 aliphatic carbocycles. The molecule has 1 unspecified atom stereocenters. The molecule has 1 aliphatic heterocycles. The van der Waals surface area contributed by atoms with Gasteiger partial charge in [0, 0.05) is 13.1 Å². The average molecular weight is 307 g/mol. The molecule has 2 rings (SSSR count). The molecule has 0 saturated carbocycles. The third kappa shape index (κ3) is 4.27. The van der Waals surface area contributed by atoms with Crippen LogP contribution in [0.2, 0.25) is 0 Å². The fourth-order valence-corrected chi connectivity index (χ4v) is 2.58. The van der Waals surface area contributed by atoms with Crippen LogP contribution in [0.5, 0.6) is 0 Å². The van der Waals surface area contributed by atoms with Crippen molar-refractivity contribution in [2.45, 2.75) is 19.8 Å². The highest BCUT2D eigenvalue weighted by Gasteiger charge is 2.34. The number of hydrogen-bond acceptors (Lipinski definition) is 3. The van der Waals surface area contributed by atoms with E-state index in [0.717, 1.165) is 6.42 Å². The van der Waals surface area contributed by atoms with Crippen molar-refractivity contribution in [2.24, 2.45) is 11.1 Å². The largest absolute Gasteiger partial charge is 0.347 e. The van der Waals surface area contributed by atoms with Gasteiger partial charge >= 0.3 is 0 Å². The predicted molar refractivity (Wildman–Crippen MR) is 81.5 cm³/mol. The van der Waals surface area contributed by atoms with Crippen LogP contribution >= 0.6 is 0 Å². The van der Waals surface area contributed by atoms with Gasteiger partial charge in [0.15, 0.2) is 0 Å². The Hall–Kier alpha value is -1.95. The molecule has 2 amide bonds. The first-order valence-electron chi connectivity index (χ1n) is 7.41. The lowest BCUT2D eigenvalue weighted by molar-refractivity contribution is -0.132. The van der Waals surface area contributed by atoms with Crippen molar-refractivity contribution in [3.63, 3.8) is 0 Å². The monoisotopic (exact) mass is 307 g/mol. The first-order valence-corrected chi connectivity index (χ1v) is 7.41. The van der Waals surface area contributed by atoms with Crippen molar-refractivity contribution >= 4 is 11.8 Å². The molecule has 1 atom stereocenters. The number of nitrogens with two attached hydrogens (primary N) is 1. The topological polar surface area (TPSA) is 75.4 Å². The van der Waals surface area contributed by atoms with E-state index in [1.54, 1.807) is 17.0 Å². The fraction of sp³-hybridized carbons (Fsp3) is 0.500. The van der Waals surface area contributed by atoms with Crippen LogP contribution in [-0.2, 0) is 16.0 Å². The summed E-state index contributed by atoms with van der Waals surface area (Å²) in [6.45, 7) is 3.87. The Labute approximate surface area is 129 Å². The number of carbonyl (C=O) groups is 2. The average Bonchev–Trinajstić information content (AvgIpc) is 2.88. The molecule has 5 nitrogen and oxygen atoms in total. The summed E-state index contributed by atoms with van der Waals surface area (Å²) in [5.41, 5.74) is 6.27. The van der Waals surface area contributed by atoms with E-state index in [1.165, 1.54) is 12.1 Å². The van der Waals surface area contributed by atoms with Gasteiger partial charge in [-0.25, -0.2) is 4.39 Å². The molecule has 0 bridgehead atoms. The maximum atomic E-state index is 13.0. The molecule has 1 saturated heterocycles. The molecule has 6 heteroatoms. The second-order valence-corrected chi connectivity index (χ2v) is 6.16. The second kappa shape index (κ2) is 6.87. The number of likely N-dealkylation sites (tertiary alicyclic amines) is 1. The molecule has 1 aromatic rings. The van der Waals surface area contributed by atoms with Crippen molar-refractivity contribution in [2.75, 3.05) is 26.2 Å². The highest BCUT2D eigenvalue weighted by molar-refractivity contribution is 5.85. The molecule has 0 spiro atoms. The summed E-state index contributed by atoms with van der Waals surface area (Å²) >= 11 is 0. The number of hydrogen-bond donors (Lipinski definition) is 2. The maximum absolute atomic E-state index is 13.0. The molecule has 22 heavy (non-hydrogen) atoms. The van der Waals surface area contributed by atoms with Gasteiger partial charge in [0.25, 0.3) is 0 Å². The van der Waals surface area contributed by atoms with Gasteiger partial charge in [-0.1, -0.05) is 19.1 Å². The van der Waals surface area contributed by atoms with Gasteiger partial charge in [0.2, 0.25) is 11.8 Å². The van der Waals surface area contributed by atoms with Crippen molar-refractivity contribution in [1.82, 2.24) is 10.2 Å². The van der Waals surface area contributed by atoms with Gasteiger partial charge in [-0.3, -0.25) is 9.59 Å². The fourth-order valence-electron chi connectivity index (χ4n) is 2.58. The third-order valence-electron chi connectivity index (χ3n) is 4.09. The number of nitrogens with one attached hydrogen (secondary N) is 1. The SMILES string of the molecule is CC1(CN)CCN(C(=O)CNC(=O)Cc2cccc(F)c2)C1. The summed E-state index contributed by atoms with van der Waals surface area (Å²) in [6.07, 6.45) is 0.942. The zero-order chi connectivity index (χ0) is 16.2. The van der Waals surface area contributed by atoms with E-state index >= 15 is 0 Å². The molecule has 0 radical (unpaired) electrons. The first kappa shape index (κ1) is 16.4. The van der Waals surface area contributed by atoms with Crippen LogP contribution in [0, 0.1) is 11.2 Å². The normalized spacial score (nSPS) is 21.0. The molecule has 0 aromatic heterocycles. The molecule has 120 valence electrons. The summed E-state index contributed by atoms with van der Waals surface area (Å²) < 4.78 is 13.0. The smallest absolute Gasteiger partial charge is 0.241 e. The van der Waals surface area contributed by atoms with E-state index in [4.69, 9.17) is 5.73 Å². The Morgan fingerprint density at radius 2 is 2.23 bits per heavy atom. The van der Waals surface area contributed by atoms with Crippen LogP contribution < -0.4 is 11.1 Å². The van der Waals surface area contributed by atoms with E-state index in [1.807, 2.05) is 0 Å². The van der Waals surface area contributed by atoms with Crippen molar-refractivity contribution in [1.29, 1.82) is 0 Å². The summed E-state index contributed by atoms with van der Waals surface area (Å²) in [4.78, 5) is 25.6. The summed E-state index contributed by atoms with van der Waals surface area (Å²) in [7, 11) is 0. The highest BCUT2D eigenvalue weighted by atomic mass is 19.1. The first-order chi connectivity index (χ1) is 10.4. The quantitative estimate of drug-likeness (QED) is 0.840. The summed E-state index contributed by atoms with van der Waals surface area (Å²) in [5, 5.41) is 2.59. The standard InChI is InChI=1S/C16H22FN3O2/c1-16(10-18)5-6-20(11-16)15(22)9-19-14(21)8-12-3-2-4-13(17)7-12/h2-4,7H,5-6,8-11,18H2,1H3,(H,19,21). The van der Waals surface area contributed by atoms with Gasteiger partial charge in [-0.2, -0.15) is 0 Å². The van der Waals surface area contributed by atoms with Crippen LogP contribution in [0.1, 0.15) is 18.9 Å². The lowest BCUT2D eigenvalue weighted by Crippen LogP contribution is -2.41. The summed E-state index contributed by atoms with van der Waals surface area (Å²) in [6, 6.07) is 5.87. The van der Waals surface area contributed by atoms with E-state index in [9.17, 15) is 14.0 Å². The number of halogens is 1. The molecular formula is C16H22FN3O2. The second-order valence-electron chi connectivity index (χ2n) is 6.16. The lowest BCUT2D eigenvalue weighted by atomic mass is 9.90. The predicted octanol–water partition coefficient (Wildman–Crippen LogP) is 0.682. The van der Waals surface area contributed by atoms with Crippen LogP contribution in [0.3, 0.4) is 0 Å². The minimum Gasteiger partial charge on any atom is -0.347 e. The van der Waals surface area contributed by atoms with Gasteiger partial charge in [0.05, 0.1) is 13.0 Å². The number of benzene rings is 1. The van der Waals surface area contributed by atoms with E-state index in [0.29, 0.717) is 25.2 Å². The maximum Gasteiger partial charge on any atom is 0.241 e. The Bertz CT molecular complexity index is 564. The Morgan fingerprint density at radius 3 is 2.86 bits per heavy atom. The molecule has 3 N–H and O–H groups in total.